The van der Waals surface area contributed by atoms with Crippen LogP contribution >= 0.6 is 11.3 Å². The van der Waals surface area contributed by atoms with E-state index in [1.54, 1.807) is 11.3 Å². The number of aliphatic carboxylic acids is 1. The van der Waals surface area contributed by atoms with Crippen LogP contribution in [0.1, 0.15) is 52.4 Å². The molecule has 2 aromatic carbocycles. The summed E-state index contributed by atoms with van der Waals surface area (Å²) in [7, 11) is 0. The molecule has 3 aromatic rings. The first-order valence-corrected chi connectivity index (χ1v) is 10.8. The number of carboxylic acid groups (broad SMARTS) is 1. The molecule has 0 spiro atoms. The normalized spacial score (nSPS) is 15.7. The maximum absolute atomic E-state index is 11.2. The van der Waals surface area contributed by atoms with Crippen molar-refractivity contribution in [3.8, 4) is 16.3 Å². The van der Waals surface area contributed by atoms with Gasteiger partial charge in [0.05, 0.1) is 17.0 Å². The monoisotopic (exact) mass is 407 g/mol. The minimum Gasteiger partial charge on any atom is -0.488 e. The average Bonchev–Trinajstić information content (AvgIpc) is 3.07. The highest BCUT2D eigenvalue weighted by Gasteiger charge is 2.23. The molecule has 1 aromatic heterocycles. The Morgan fingerprint density at radius 1 is 1.21 bits per heavy atom. The summed E-state index contributed by atoms with van der Waals surface area (Å²) in [6.07, 6.45) is 3.17. The van der Waals surface area contributed by atoms with Crippen molar-refractivity contribution in [2.45, 2.75) is 52.1 Å². The third kappa shape index (κ3) is 4.51. The number of fused-ring (bicyclic) bond motifs is 1. The Bertz CT molecular complexity index is 1020. The molecular formula is C24H25NO3S. The van der Waals surface area contributed by atoms with E-state index in [4.69, 9.17) is 9.72 Å². The molecule has 0 aliphatic heterocycles. The maximum atomic E-state index is 11.2. The van der Waals surface area contributed by atoms with E-state index in [-0.39, 0.29) is 12.3 Å². The van der Waals surface area contributed by atoms with Crippen LogP contribution in [0.2, 0.25) is 0 Å². The molecule has 1 aliphatic carbocycles. The molecule has 0 saturated heterocycles. The quantitative estimate of drug-likeness (QED) is 0.553. The van der Waals surface area contributed by atoms with E-state index in [9.17, 15) is 9.90 Å². The summed E-state index contributed by atoms with van der Waals surface area (Å²) in [5.41, 5.74) is 5.75. The standard InChI is InChI=1S/C24H25NO3S/c1-15-6-8-18(9-7-15)24-25-16(2)22(29-24)14-28-20-11-10-17-4-3-5-19(12-23(26)27)21(17)13-20/h6-11,13,19H,3-5,12,14H2,1-2H3,(H,26,27). The number of ether oxygens (including phenoxy) is 1. The van der Waals surface area contributed by atoms with E-state index in [1.807, 2.05) is 19.1 Å². The Morgan fingerprint density at radius 2 is 2.00 bits per heavy atom. The van der Waals surface area contributed by atoms with Gasteiger partial charge in [-0.15, -0.1) is 11.3 Å². The van der Waals surface area contributed by atoms with Crippen molar-refractivity contribution in [3.05, 3.63) is 69.7 Å². The van der Waals surface area contributed by atoms with E-state index >= 15 is 0 Å². The van der Waals surface area contributed by atoms with E-state index in [0.29, 0.717) is 6.61 Å². The highest BCUT2D eigenvalue weighted by molar-refractivity contribution is 7.15. The first kappa shape index (κ1) is 19.6. The summed E-state index contributed by atoms with van der Waals surface area (Å²) in [6.45, 7) is 4.57. The highest BCUT2D eigenvalue weighted by atomic mass is 32.1. The summed E-state index contributed by atoms with van der Waals surface area (Å²) in [5, 5.41) is 10.2. The Labute approximate surface area is 175 Å². The van der Waals surface area contributed by atoms with Gasteiger partial charge < -0.3 is 9.84 Å². The summed E-state index contributed by atoms with van der Waals surface area (Å²) in [6, 6.07) is 14.5. The Kier molecular flexibility index (Phi) is 5.67. The Morgan fingerprint density at radius 3 is 2.76 bits per heavy atom. The van der Waals surface area contributed by atoms with Crippen LogP contribution in [-0.2, 0) is 17.8 Å². The molecule has 0 radical (unpaired) electrons. The molecule has 0 bridgehead atoms. The van der Waals surface area contributed by atoms with Crippen LogP contribution in [0.4, 0.5) is 0 Å². The number of thiazole rings is 1. The molecule has 0 fully saturated rings. The van der Waals surface area contributed by atoms with Gasteiger partial charge in [0.1, 0.15) is 17.4 Å². The van der Waals surface area contributed by atoms with Gasteiger partial charge in [0.15, 0.2) is 0 Å². The predicted molar refractivity (Wildman–Crippen MR) is 116 cm³/mol. The van der Waals surface area contributed by atoms with Gasteiger partial charge in [-0.1, -0.05) is 35.9 Å². The third-order valence-electron chi connectivity index (χ3n) is 5.54. The van der Waals surface area contributed by atoms with Gasteiger partial charge in [-0.05, 0) is 62.3 Å². The zero-order chi connectivity index (χ0) is 20.4. The predicted octanol–water partition coefficient (Wildman–Crippen LogP) is 5.90. The van der Waals surface area contributed by atoms with Gasteiger partial charge in [-0.25, -0.2) is 4.98 Å². The summed E-state index contributed by atoms with van der Waals surface area (Å²) < 4.78 is 6.08. The molecular weight excluding hydrogens is 382 g/mol. The molecule has 150 valence electrons. The molecule has 0 amide bonds. The van der Waals surface area contributed by atoms with Crippen molar-refractivity contribution in [1.29, 1.82) is 0 Å². The summed E-state index contributed by atoms with van der Waals surface area (Å²) in [5.74, 6) is 0.141. The van der Waals surface area contributed by atoms with Crippen molar-refractivity contribution in [1.82, 2.24) is 4.98 Å². The Hall–Kier alpha value is -2.66. The molecule has 4 nitrogen and oxygen atoms in total. The lowest BCUT2D eigenvalue weighted by atomic mass is 9.81. The SMILES string of the molecule is Cc1ccc(-c2nc(C)c(COc3ccc4c(c3)C(CC(=O)O)CCC4)s2)cc1. The van der Waals surface area contributed by atoms with Crippen molar-refractivity contribution in [2.24, 2.45) is 0 Å². The van der Waals surface area contributed by atoms with Gasteiger partial charge in [-0.3, -0.25) is 4.79 Å². The highest BCUT2D eigenvalue weighted by Crippen LogP contribution is 2.36. The number of benzene rings is 2. The van der Waals surface area contributed by atoms with Crippen LogP contribution in [0.25, 0.3) is 10.6 Å². The first-order chi connectivity index (χ1) is 14.0. The molecule has 1 unspecified atom stereocenters. The van der Waals surface area contributed by atoms with E-state index in [1.165, 1.54) is 11.1 Å². The van der Waals surface area contributed by atoms with Gasteiger partial charge in [0.2, 0.25) is 0 Å². The number of carbonyl (C=O) groups is 1. The molecule has 1 atom stereocenters. The van der Waals surface area contributed by atoms with Crippen molar-refractivity contribution < 1.29 is 14.6 Å². The fraction of sp³-hybridized carbons (Fsp3) is 0.333. The van der Waals surface area contributed by atoms with E-state index in [2.05, 4.69) is 37.3 Å². The van der Waals surface area contributed by atoms with Gasteiger partial charge >= 0.3 is 5.97 Å². The summed E-state index contributed by atoms with van der Waals surface area (Å²) in [4.78, 5) is 17.0. The number of rotatable bonds is 6. The van der Waals surface area contributed by atoms with Gasteiger partial charge in [0.25, 0.3) is 0 Å². The number of hydrogen-bond acceptors (Lipinski definition) is 4. The second-order valence-electron chi connectivity index (χ2n) is 7.73. The number of nitrogens with zero attached hydrogens (tertiary/aromatic N) is 1. The smallest absolute Gasteiger partial charge is 0.303 e. The summed E-state index contributed by atoms with van der Waals surface area (Å²) >= 11 is 1.66. The zero-order valence-electron chi connectivity index (χ0n) is 16.8. The zero-order valence-corrected chi connectivity index (χ0v) is 17.6. The van der Waals surface area contributed by atoms with Crippen LogP contribution < -0.4 is 4.74 Å². The number of aryl methyl sites for hydroxylation is 3. The van der Waals surface area contributed by atoms with Gasteiger partial charge in [-0.2, -0.15) is 0 Å². The molecule has 0 saturated carbocycles. The molecule has 1 N–H and O–H groups in total. The minimum atomic E-state index is -0.738. The molecule has 4 rings (SSSR count). The van der Waals surface area contributed by atoms with Crippen LogP contribution in [-0.4, -0.2) is 16.1 Å². The lowest BCUT2D eigenvalue weighted by molar-refractivity contribution is -0.137. The fourth-order valence-electron chi connectivity index (χ4n) is 3.92. The average molecular weight is 408 g/mol. The lowest BCUT2D eigenvalue weighted by Crippen LogP contribution is -2.13. The first-order valence-electron chi connectivity index (χ1n) is 10.0. The van der Waals surface area contributed by atoms with Crippen LogP contribution in [0.3, 0.4) is 0 Å². The second-order valence-corrected chi connectivity index (χ2v) is 8.81. The minimum absolute atomic E-state index is 0.0816. The molecule has 29 heavy (non-hydrogen) atoms. The number of hydrogen-bond donors (Lipinski definition) is 1. The molecule has 1 heterocycles. The maximum Gasteiger partial charge on any atom is 0.303 e. The fourth-order valence-corrected chi connectivity index (χ4v) is 4.90. The van der Waals surface area contributed by atoms with Crippen LogP contribution in [0.5, 0.6) is 5.75 Å². The van der Waals surface area contributed by atoms with Crippen LogP contribution in [0, 0.1) is 13.8 Å². The third-order valence-corrected chi connectivity index (χ3v) is 6.72. The van der Waals surface area contributed by atoms with Crippen molar-refractivity contribution >= 4 is 17.3 Å². The lowest BCUT2D eigenvalue weighted by Gasteiger charge is -2.25. The second kappa shape index (κ2) is 8.37. The molecule has 1 aliphatic rings. The van der Waals surface area contributed by atoms with Gasteiger partial charge in [0, 0.05) is 5.56 Å². The topological polar surface area (TPSA) is 59.4 Å². The number of aromatic nitrogens is 1. The number of carboxylic acids is 1. The Balaban J connectivity index is 1.50. The van der Waals surface area contributed by atoms with E-state index < -0.39 is 5.97 Å². The van der Waals surface area contributed by atoms with Crippen molar-refractivity contribution in [2.75, 3.05) is 0 Å². The van der Waals surface area contributed by atoms with E-state index in [0.717, 1.165) is 51.7 Å². The van der Waals surface area contributed by atoms with Crippen molar-refractivity contribution in [3.63, 3.8) is 0 Å². The van der Waals surface area contributed by atoms with Crippen LogP contribution in [0.15, 0.2) is 42.5 Å². The molecule has 5 heteroatoms. The largest absolute Gasteiger partial charge is 0.488 e.